The molecule has 1 aromatic heterocycles. The van der Waals surface area contributed by atoms with Gasteiger partial charge in [-0.25, -0.2) is 9.82 Å². The van der Waals surface area contributed by atoms with Crippen LogP contribution in [-0.4, -0.2) is 34.8 Å². The van der Waals surface area contributed by atoms with Crippen LogP contribution in [0.15, 0.2) is 71.8 Å². The standard InChI is InChI=1S/C28H26FN5O4S/c1-3-37-24-14-19(12-13-23(24)38-17-20-9-5-7-11-22(20)29)16-30-32-25(35)15-26-33-34-28(39-26)31-27(36)21-10-6-4-8-18(21)2/h4-14,16H,3,15,17H2,1-2H3,(H,32,35)(H,31,34,36). The van der Waals surface area contributed by atoms with E-state index in [4.69, 9.17) is 9.47 Å². The minimum absolute atomic E-state index is 0.0533. The summed E-state index contributed by atoms with van der Waals surface area (Å²) in [6, 6.07) is 18.8. The molecule has 2 N–H and O–H groups in total. The Bertz CT molecular complexity index is 1490. The summed E-state index contributed by atoms with van der Waals surface area (Å²) in [5.41, 5.74) is 4.93. The van der Waals surface area contributed by atoms with Gasteiger partial charge in [0.05, 0.1) is 19.2 Å². The van der Waals surface area contributed by atoms with Crippen LogP contribution < -0.4 is 20.2 Å². The van der Waals surface area contributed by atoms with Crippen molar-refractivity contribution in [2.24, 2.45) is 5.10 Å². The van der Waals surface area contributed by atoms with Gasteiger partial charge >= 0.3 is 0 Å². The van der Waals surface area contributed by atoms with Crippen molar-refractivity contribution in [3.05, 3.63) is 99.8 Å². The van der Waals surface area contributed by atoms with Crippen LogP contribution in [0.25, 0.3) is 0 Å². The highest BCUT2D eigenvalue weighted by Gasteiger charge is 2.14. The molecule has 9 nitrogen and oxygen atoms in total. The molecule has 0 atom stereocenters. The number of nitrogens with one attached hydrogen (secondary N) is 2. The van der Waals surface area contributed by atoms with Crippen molar-refractivity contribution in [1.82, 2.24) is 15.6 Å². The Morgan fingerprint density at radius 1 is 1.03 bits per heavy atom. The number of ether oxygens (including phenoxy) is 2. The Hall–Kier alpha value is -4.64. The second-order valence-electron chi connectivity index (χ2n) is 8.26. The molecule has 3 aromatic carbocycles. The number of halogens is 1. The van der Waals surface area contributed by atoms with E-state index in [-0.39, 0.29) is 24.8 Å². The predicted molar refractivity (Wildman–Crippen MR) is 147 cm³/mol. The Balaban J connectivity index is 1.30. The third-order valence-electron chi connectivity index (χ3n) is 5.40. The summed E-state index contributed by atoms with van der Waals surface area (Å²) in [7, 11) is 0. The molecule has 4 rings (SSSR count). The Kier molecular flexibility index (Phi) is 9.30. The van der Waals surface area contributed by atoms with Crippen LogP contribution in [0.5, 0.6) is 11.5 Å². The van der Waals surface area contributed by atoms with Gasteiger partial charge in [0.15, 0.2) is 11.5 Å². The number of aromatic nitrogens is 2. The predicted octanol–water partition coefficient (Wildman–Crippen LogP) is 4.91. The number of hydrogen-bond donors (Lipinski definition) is 2. The monoisotopic (exact) mass is 547 g/mol. The largest absolute Gasteiger partial charge is 0.490 e. The number of hydrogen-bond acceptors (Lipinski definition) is 8. The zero-order valence-corrected chi connectivity index (χ0v) is 22.1. The van der Waals surface area contributed by atoms with E-state index in [2.05, 4.69) is 26.0 Å². The van der Waals surface area contributed by atoms with E-state index in [1.165, 1.54) is 12.3 Å². The van der Waals surface area contributed by atoms with Crippen molar-refractivity contribution in [1.29, 1.82) is 0 Å². The van der Waals surface area contributed by atoms with Gasteiger partial charge in [-0.15, -0.1) is 10.2 Å². The lowest BCUT2D eigenvalue weighted by Gasteiger charge is -2.13. The summed E-state index contributed by atoms with van der Waals surface area (Å²) in [6.45, 7) is 4.15. The molecule has 0 aliphatic heterocycles. The lowest BCUT2D eigenvalue weighted by Crippen LogP contribution is -2.19. The van der Waals surface area contributed by atoms with Gasteiger partial charge in [-0.3, -0.25) is 14.9 Å². The fourth-order valence-corrected chi connectivity index (χ4v) is 4.22. The van der Waals surface area contributed by atoms with Crippen molar-refractivity contribution in [2.75, 3.05) is 11.9 Å². The molecule has 0 unspecified atom stereocenters. The maximum Gasteiger partial charge on any atom is 0.257 e. The van der Waals surface area contributed by atoms with Crippen molar-refractivity contribution < 1.29 is 23.5 Å². The van der Waals surface area contributed by atoms with Crippen molar-refractivity contribution in [2.45, 2.75) is 26.9 Å². The van der Waals surface area contributed by atoms with E-state index in [0.717, 1.165) is 16.9 Å². The average molecular weight is 548 g/mol. The lowest BCUT2D eigenvalue weighted by atomic mass is 10.1. The van der Waals surface area contributed by atoms with Gasteiger partial charge in [-0.05, 0) is 55.3 Å². The number of benzene rings is 3. The van der Waals surface area contributed by atoms with Crippen LogP contribution in [0.3, 0.4) is 0 Å². The van der Waals surface area contributed by atoms with Crippen molar-refractivity contribution >= 4 is 34.5 Å². The molecule has 0 aliphatic rings. The first-order chi connectivity index (χ1) is 18.9. The third-order valence-corrected chi connectivity index (χ3v) is 6.24. The van der Waals surface area contributed by atoms with Gasteiger partial charge in [0.2, 0.25) is 11.0 Å². The fraction of sp³-hybridized carbons (Fsp3) is 0.179. The SMILES string of the molecule is CCOc1cc(C=NNC(=O)Cc2nnc(NC(=O)c3ccccc3C)s2)ccc1OCc1ccccc1F. The number of aryl methyl sites for hydroxylation is 1. The van der Waals surface area contributed by atoms with Crippen molar-refractivity contribution in [3.63, 3.8) is 0 Å². The maximum absolute atomic E-state index is 13.9. The number of nitrogens with zero attached hydrogens (tertiary/aromatic N) is 3. The number of amides is 2. The highest BCUT2D eigenvalue weighted by Crippen LogP contribution is 2.29. The second-order valence-corrected chi connectivity index (χ2v) is 9.32. The van der Waals surface area contributed by atoms with Gasteiger partial charge in [0.1, 0.15) is 17.4 Å². The van der Waals surface area contributed by atoms with E-state index < -0.39 is 5.91 Å². The number of anilines is 1. The molecule has 0 fully saturated rings. The number of carbonyl (C=O) groups is 2. The fourth-order valence-electron chi connectivity index (χ4n) is 3.49. The summed E-state index contributed by atoms with van der Waals surface area (Å²) in [5, 5.41) is 15.3. The first-order valence-electron chi connectivity index (χ1n) is 12.1. The van der Waals surface area contributed by atoms with Crippen LogP contribution in [0, 0.1) is 12.7 Å². The third kappa shape index (κ3) is 7.68. The normalized spacial score (nSPS) is 10.8. The smallest absolute Gasteiger partial charge is 0.257 e. The molecule has 0 saturated carbocycles. The van der Waals surface area contributed by atoms with Gasteiger partial charge < -0.3 is 9.47 Å². The first kappa shape index (κ1) is 27.4. The van der Waals surface area contributed by atoms with Crippen LogP contribution in [0.4, 0.5) is 9.52 Å². The minimum Gasteiger partial charge on any atom is -0.490 e. The van der Waals surface area contributed by atoms with E-state index >= 15 is 0 Å². The molecule has 2 amide bonds. The molecular weight excluding hydrogens is 521 g/mol. The summed E-state index contributed by atoms with van der Waals surface area (Å²) >= 11 is 1.11. The van der Waals surface area contributed by atoms with Gasteiger partial charge in [-0.2, -0.15) is 5.10 Å². The van der Waals surface area contributed by atoms with Crippen molar-refractivity contribution in [3.8, 4) is 11.5 Å². The zero-order valence-electron chi connectivity index (χ0n) is 21.3. The highest BCUT2D eigenvalue weighted by molar-refractivity contribution is 7.15. The molecular formula is C28H26FN5O4S. The van der Waals surface area contributed by atoms with E-state index in [1.807, 2.05) is 26.0 Å². The van der Waals surface area contributed by atoms with Crippen LogP contribution in [0.1, 0.15) is 39.0 Å². The topological polar surface area (TPSA) is 115 Å². The quantitative estimate of drug-likeness (QED) is 0.204. The highest BCUT2D eigenvalue weighted by atomic mass is 32.1. The molecule has 11 heteroatoms. The lowest BCUT2D eigenvalue weighted by molar-refractivity contribution is -0.120. The first-order valence-corrected chi connectivity index (χ1v) is 12.9. The summed E-state index contributed by atoms with van der Waals surface area (Å²) < 4.78 is 25.3. The minimum atomic E-state index is -0.394. The Morgan fingerprint density at radius 3 is 2.62 bits per heavy atom. The zero-order chi connectivity index (χ0) is 27.6. The van der Waals surface area contributed by atoms with Crippen LogP contribution in [0.2, 0.25) is 0 Å². The molecule has 0 radical (unpaired) electrons. The molecule has 4 aromatic rings. The van der Waals surface area contributed by atoms with E-state index in [9.17, 15) is 14.0 Å². The van der Waals surface area contributed by atoms with E-state index in [0.29, 0.717) is 44.9 Å². The molecule has 1 heterocycles. The van der Waals surface area contributed by atoms with Gasteiger partial charge in [-0.1, -0.05) is 47.7 Å². The molecule has 200 valence electrons. The second kappa shape index (κ2) is 13.2. The summed E-state index contributed by atoms with van der Waals surface area (Å²) in [5.74, 6) is -0.0955. The number of hydrazone groups is 1. The summed E-state index contributed by atoms with van der Waals surface area (Å²) in [6.07, 6.45) is 1.41. The average Bonchev–Trinajstić information content (AvgIpc) is 3.35. The van der Waals surface area contributed by atoms with Crippen LogP contribution in [-0.2, 0) is 17.8 Å². The molecule has 0 bridgehead atoms. The molecule has 0 saturated heterocycles. The van der Waals surface area contributed by atoms with E-state index in [1.54, 1.807) is 48.5 Å². The molecule has 0 aliphatic carbocycles. The maximum atomic E-state index is 13.9. The Labute approximate surface area is 228 Å². The molecule has 39 heavy (non-hydrogen) atoms. The summed E-state index contributed by atoms with van der Waals surface area (Å²) in [4.78, 5) is 24.8. The number of carbonyl (C=O) groups excluding carboxylic acids is 2. The van der Waals surface area contributed by atoms with Gasteiger partial charge in [0, 0.05) is 11.1 Å². The van der Waals surface area contributed by atoms with Crippen LogP contribution >= 0.6 is 11.3 Å². The van der Waals surface area contributed by atoms with Gasteiger partial charge in [0.25, 0.3) is 5.91 Å². The number of rotatable bonds is 11. The Morgan fingerprint density at radius 2 is 1.82 bits per heavy atom. The molecule has 0 spiro atoms.